The van der Waals surface area contributed by atoms with E-state index >= 15 is 0 Å². The number of carbonyl (C=O) groups excluding carboxylic acids is 2. The lowest BCUT2D eigenvalue weighted by molar-refractivity contribution is -0.125. The van der Waals surface area contributed by atoms with Gasteiger partial charge in [-0.15, -0.1) is 0 Å². The van der Waals surface area contributed by atoms with Gasteiger partial charge in [-0.1, -0.05) is 54.6 Å². The van der Waals surface area contributed by atoms with Crippen molar-refractivity contribution in [1.82, 2.24) is 10.3 Å². The molecule has 0 bridgehead atoms. The molecule has 2 amide bonds. The summed E-state index contributed by atoms with van der Waals surface area (Å²) >= 11 is 0. The van der Waals surface area contributed by atoms with E-state index in [0.717, 1.165) is 48.1 Å². The van der Waals surface area contributed by atoms with E-state index in [9.17, 15) is 18.4 Å². The maximum absolute atomic E-state index is 13.5. The average Bonchev–Trinajstić information content (AvgIpc) is 2.89. The third-order valence-corrected chi connectivity index (χ3v) is 7.87. The van der Waals surface area contributed by atoms with Gasteiger partial charge in [0.2, 0.25) is 11.8 Å². The highest BCUT2D eigenvalue weighted by Crippen LogP contribution is 2.50. The Morgan fingerprint density at radius 3 is 2.26 bits per heavy atom. The van der Waals surface area contributed by atoms with Crippen molar-refractivity contribution in [2.45, 2.75) is 69.4 Å². The minimum atomic E-state index is -2.71. The lowest BCUT2D eigenvalue weighted by Gasteiger charge is -2.44. The fourth-order valence-corrected chi connectivity index (χ4v) is 5.91. The Morgan fingerprint density at radius 2 is 1.64 bits per heavy atom. The smallest absolute Gasteiger partial charge is 0.252 e. The van der Waals surface area contributed by atoms with Gasteiger partial charge in [0, 0.05) is 43.4 Å². The molecular formula is C31H34F2N4O2. The molecule has 2 saturated carbocycles. The van der Waals surface area contributed by atoms with E-state index in [2.05, 4.69) is 10.6 Å². The number of nitrogens with two attached hydrogens (primary N) is 1. The zero-order valence-electron chi connectivity index (χ0n) is 22.1. The number of pyridine rings is 1. The van der Waals surface area contributed by atoms with Crippen LogP contribution in [0, 0.1) is 5.92 Å². The molecule has 1 aromatic heterocycles. The summed E-state index contributed by atoms with van der Waals surface area (Å²) in [5.74, 6) is -2.48. The zero-order chi connectivity index (χ0) is 27.6. The van der Waals surface area contributed by atoms with Crippen LogP contribution in [0.1, 0.15) is 57.4 Å². The van der Waals surface area contributed by atoms with Gasteiger partial charge in [0.15, 0.2) is 0 Å². The fraction of sp³-hybridized carbons (Fsp3) is 0.387. The van der Waals surface area contributed by atoms with Crippen molar-refractivity contribution < 1.29 is 18.4 Å². The van der Waals surface area contributed by atoms with Crippen molar-refractivity contribution in [3.63, 3.8) is 0 Å². The second kappa shape index (κ2) is 10.8. The molecule has 2 aromatic carbocycles. The molecule has 2 aliphatic rings. The third-order valence-electron chi connectivity index (χ3n) is 7.87. The molecule has 0 radical (unpaired) electrons. The molecule has 6 nitrogen and oxygen atoms in total. The number of aromatic nitrogens is 1. The van der Waals surface area contributed by atoms with E-state index < -0.39 is 11.5 Å². The Morgan fingerprint density at radius 1 is 0.974 bits per heavy atom. The van der Waals surface area contributed by atoms with Crippen LogP contribution < -0.4 is 16.4 Å². The monoisotopic (exact) mass is 532 g/mol. The zero-order valence-corrected chi connectivity index (χ0v) is 22.1. The number of alkyl halides is 2. The summed E-state index contributed by atoms with van der Waals surface area (Å²) in [4.78, 5) is 28.9. The molecular weight excluding hydrogens is 498 g/mol. The van der Waals surface area contributed by atoms with Crippen LogP contribution in [-0.4, -0.2) is 28.8 Å². The van der Waals surface area contributed by atoms with Crippen molar-refractivity contribution in [3.05, 3.63) is 72.4 Å². The molecule has 5 rings (SSSR count). The van der Waals surface area contributed by atoms with Gasteiger partial charge < -0.3 is 16.4 Å². The van der Waals surface area contributed by atoms with Crippen molar-refractivity contribution >= 4 is 17.5 Å². The highest BCUT2D eigenvalue weighted by molar-refractivity contribution is 5.93. The molecule has 39 heavy (non-hydrogen) atoms. The summed E-state index contributed by atoms with van der Waals surface area (Å²) < 4.78 is 27.0. The van der Waals surface area contributed by atoms with Gasteiger partial charge in [-0.2, -0.15) is 0 Å². The predicted octanol–water partition coefficient (Wildman–Crippen LogP) is 6.02. The molecule has 0 spiro atoms. The van der Waals surface area contributed by atoms with Gasteiger partial charge >= 0.3 is 0 Å². The van der Waals surface area contributed by atoms with E-state index in [4.69, 9.17) is 10.7 Å². The van der Waals surface area contributed by atoms with Gasteiger partial charge in [-0.05, 0) is 48.8 Å². The van der Waals surface area contributed by atoms with E-state index in [1.165, 1.54) is 6.92 Å². The maximum Gasteiger partial charge on any atom is 0.252 e. The minimum absolute atomic E-state index is 0.0105. The number of rotatable bonds is 7. The number of amides is 2. The van der Waals surface area contributed by atoms with Crippen molar-refractivity contribution in [2.75, 3.05) is 5.32 Å². The number of carbonyl (C=O) groups is 2. The molecule has 0 aliphatic heterocycles. The van der Waals surface area contributed by atoms with Gasteiger partial charge in [0.25, 0.3) is 5.92 Å². The van der Waals surface area contributed by atoms with Crippen LogP contribution >= 0.6 is 0 Å². The quantitative estimate of drug-likeness (QED) is 0.347. The molecule has 8 heteroatoms. The van der Waals surface area contributed by atoms with Crippen molar-refractivity contribution in [3.8, 4) is 22.4 Å². The van der Waals surface area contributed by atoms with E-state index in [-0.39, 0.29) is 36.6 Å². The van der Waals surface area contributed by atoms with Crippen molar-refractivity contribution in [1.29, 1.82) is 0 Å². The molecule has 4 N–H and O–H groups in total. The Kier molecular flexibility index (Phi) is 7.49. The first kappa shape index (κ1) is 26.9. The molecule has 2 fully saturated rings. The van der Waals surface area contributed by atoms with Gasteiger partial charge in [-0.25, -0.2) is 8.78 Å². The van der Waals surface area contributed by atoms with E-state index in [0.29, 0.717) is 17.7 Å². The first-order chi connectivity index (χ1) is 18.6. The number of halogens is 2. The van der Waals surface area contributed by atoms with Crippen LogP contribution in [0.15, 0.2) is 66.9 Å². The lowest BCUT2D eigenvalue weighted by atomic mass is 9.70. The van der Waals surface area contributed by atoms with Crippen LogP contribution in [-0.2, 0) is 15.1 Å². The summed E-state index contributed by atoms with van der Waals surface area (Å²) in [5, 5.41) is 5.99. The maximum atomic E-state index is 13.5. The van der Waals surface area contributed by atoms with Crippen LogP contribution in [0.4, 0.5) is 14.5 Å². The largest absolute Gasteiger partial charge is 0.354 e. The molecule has 204 valence electrons. The molecule has 0 saturated heterocycles. The van der Waals surface area contributed by atoms with Crippen molar-refractivity contribution in [2.24, 2.45) is 11.7 Å². The minimum Gasteiger partial charge on any atom is -0.354 e. The predicted molar refractivity (Wildman–Crippen MR) is 148 cm³/mol. The van der Waals surface area contributed by atoms with Crippen LogP contribution in [0.5, 0.6) is 0 Å². The van der Waals surface area contributed by atoms with Gasteiger partial charge in [-0.3, -0.25) is 14.6 Å². The Labute approximate surface area is 227 Å². The highest BCUT2D eigenvalue weighted by Gasteiger charge is 2.55. The summed E-state index contributed by atoms with van der Waals surface area (Å²) in [5.41, 5.74) is 9.88. The number of nitrogens with zero attached hydrogens (tertiary/aromatic N) is 1. The first-order valence-electron chi connectivity index (χ1n) is 13.5. The second-order valence-corrected chi connectivity index (χ2v) is 11.1. The summed E-state index contributed by atoms with van der Waals surface area (Å²) in [7, 11) is 0. The summed E-state index contributed by atoms with van der Waals surface area (Å²) in [6.07, 6.45) is 4.96. The number of hydrogen-bond donors (Lipinski definition) is 3. The van der Waals surface area contributed by atoms with E-state index in [1.54, 1.807) is 18.3 Å². The summed E-state index contributed by atoms with van der Waals surface area (Å²) in [6, 6.07) is 19.3. The number of benzene rings is 2. The van der Waals surface area contributed by atoms with Crippen LogP contribution in [0.2, 0.25) is 0 Å². The fourth-order valence-electron chi connectivity index (χ4n) is 5.91. The first-order valence-corrected chi connectivity index (χ1v) is 13.5. The lowest BCUT2D eigenvalue weighted by Crippen LogP contribution is -2.55. The van der Waals surface area contributed by atoms with Gasteiger partial charge in [0.1, 0.15) is 0 Å². The van der Waals surface area contributed by atoms with Crippen LogP contribution in [0.3, 0.4) is 0 Å². The molecule has 0 unspecified atom stereocenters. The van der Waals surface area contributed by atoms with E-state index in [1.807, 2.05) is 48.5 Å². The normalized spacial score (nSPS) is 21.4. The summed E-state index contributed by atoms with van der Waals surface area (Å²) in [6.45, 7) is 1.53. The number of anilines is 1. The Balaban J connectivity index is 1.31. The molecule has 2 aliphatic carbocycles. The molecule has 0 atom stereocenters. The highest BCUT2D eigenvalue weighted by atomic mass is 19.3. The average molecular weight is 533 g/mol. The third kappa shape index (κ3) is 6.33. The van der Waals surface area contributed by atoms with Crippen LogP contribution in [0.25, 0.3) is 22.4 Å². The standard InChI is InChI=1S/C31H34F2N4O2/c1-20(38)36-25-13-7-21(8-14-25)15-28(39)37-26-16-27(22-5-3-2-4-6-22)29(35-17-26)23-9-11-24(12-10-23)30(34)18-31(32,33)19-30/h2-6,9-12,16-17,21,25H,7-8,13-15,18-19,34H2,1H3,(H,36,38)(H,37,39)/t21-,25-. The molecule has 1 heterocycles. The Hall–Kier alpha value is -3.65. The SMILES string of the molecule is CC(=O)N[C@H]1CC[C@H](CC(=O)Nc2cnc(-c3ccc(C4(N)CC(F)(F)C4)cc3)c(-c3ccccc3)c2)CC1. The topological polar surface area (TPSA) is 97.1 Å². The molecule has 3 aromatic rings. The second-order valence-electron chi connectivity index (χ2n) is 11.1. The Bertz CT molecular complexity index is 1330. The van der Waals surface area contributed by atoms with Gasteiger partial charge in [0.05, 0.1) is 23.1 Å². The number of hydrogen-bond acceptors (Lipinski definition) is 4. The number of nitrogens with one attached hydrogen (secondary N) is 2.